The van der Waals surface area contributed by atoms with Crippen molar-refractivity contribution in [1.29, 1.82) is 0 Å². The summed E-state index contributed by atoms with van der Waals surface area (Å²) in [5, 5.41) is 0. The van der Waals surface area contributed by atoms with Crippen molar-refractivity contribution >= 4 is 16.3 Å². The Hall–Kier alpha value is -1.72. The van der Waals surface area contributed by atoms with Crippen LogP contribution < -0.4 is 5.73 Å². The fraction of sp³-hybridized carbons (Fsp3) is 0.267. The predicted molar refractivity (Wildman–Crippen MR) is 80.5 cm³/mol. The van der Waals surface area contributed by atoms with Crippen molar-refractivity contribution in [2.45, 2.75) is 26.8 Å². The molecule has 104 valence electrons. The van der Waals surface area contributed by atoms with Gasteiger partial charge in [0.1, 0.15) is 5.82 Å². The fourth-order valence-electron chi connectivity index (χ4n) is 2.57. The van der Waals surface area contributed by atoms with Crippen LogP contribution in [0.15, 0.2) is 24.3 Å². The number of benzene rings is 1. The minimum atomic E-state index is -0.242. The molecule has 5 heteroatoms. The molecule has 0 bridgehead atoms. The van der Waals surface area contributed by atoms with Gasteiger partial charge >= 0.3 is 0 Å². The monoisotopic (exact) mass is 289 g/mol. The lowest BCUT2D eigenvalue weighted by Crippen LogP contribution is -2.04. The molecular formula is C15H16FN3S. The Morgan fingerprint density at radius 3 is 2.55 bits per heavy atom. The first-order valence-corrected chi connectivity index (χ1v) is 7.43. The van der Waals surface area contributed by atoms with Gasteiger partial charge in [-0.1, -0.05) is 6.92 Å². The average molecular weight is 289 g/mol. The quantitative estimate of drug-likeness (QED) is 0.801. The Balaban J connectivity index is 2.26. The lowest BCUT2D eigenvalue weighted by Gasteiger charge is -2.04. The molecule has 0 saturated heterocycles. The van der Waals surface area contributed by atoms with Crippen LogP contribution in [-0.2, 0) is 13.0 Å². The van der Waals surface area contributed by atoms with Crippen LogP contribution in [0.1, 0.15) is 23.2 Å². The summed E-state index contributed by atoms with van der Waals surface area (Å²) in [5.74, 6) is -0.242. The maximum absolute atomic E-state index is 13.1. The molecule has 3 nitrogen and oxygen atoms in total. The molecule has 0 radical (unpaired) electrons. The van der Waals surface area contributed by atoms with E-state index in [1.165, 1.54) is 22.7 Å². The van der Waals surface area contributed by atoms with Crippen LogP contribution in [-0.4, -0.2) is 9.38 Å². The number of aromatic nitrogens is 2. The average Bonchev–Trinajstić information content (AvgIpc) is 2.93. The molecule has 0 atom stereocenters. The fourth-order valence-corrected chi connectivity index (χ4v) is 3.64. The van der Waals surface area contributed by atoms with Crippen molar-refractivity contribution in [2.75, 3.05) is 0 Å². The number of halogens is 1. The Morgan fingerprint density at radius 2 is 1.95 bits per heavy atom. The molecule has 1 aromatic carbocycles. The zero-order chi connectivity index (χ0) is 14.3. The normalized spacial score (nSPS) is 11.4. The predicted octanol–water partition coefficient (Wildman–Crippen LogP) is 3.53. The van der Waals surface area contributed by atoms with Gasteiger partial charge in [-0.05, 0) is 37.6 Å². The molecule has 2 heterocycles. The summed E-state index contributed by atoms with van der Waals surface area (Å²) in [6, 6.07) is 6.41. The van der Waals surface area contributed by atoms with E-state index in [2.05, 4.69) is 18.2 Å². The minimum Gasteiger partial charge on any atom is -0.325 e. The number of imidazole rings is 1. The molecule has 0 aliphatic rings. The molecule has 2 aromatic heterocycles. The highest BCUT2D eigenvalue weighted by Gasteiger charge is 2.18. The Morgan fingerprint density at radius 1 is 1.25 bits per heavy atom. The van der Waals surface area contributed by atoms with Gasteiger partial charge in [-0.2, -0.15) is 0 Å². The lowest BCUT2D eigenvalue weighted by molar-refractivity contribution is 0.628. The van der Waals surface area contributed by atoms with Gasteiger partial charge in [-0.25, -0.2) is 9.37 Å². The second-order valence-corrected chi connectivity index (χ2v) is 5.88. The van der Waals surface area contributed by atoms with Crippen molar-refractivity contribution in [3.05, 3.63) is 46.3 Å². The lowest BCUT2D eigenvalue weighted by atomic mass is 10.1. The molecule has 0 amide bonds. The van der Waals surface area contributed by atoms with Crippen LogP contribution in [0.4, 0.5) is 4.39 Å². The largest absolute Gasteiger partial charge is 0.325 e. The molecule has 0 fully saturated rings. The third kappa shape index (κ3) is 1.94. The van der Waals surface area contributed by atoms with E-state index in [4.69, 9.17) is 10.7 Å². The van der Waals surface area contributed by atoms with Crippen molar-refractivity contribution < 1.29 is 4.39 Å². The Kier molecular flexibility index (Phi) is 3.31. The second-order valence-electron chi connectivity index (χ2n) is 4.69. The number of hydrogen-bond donors (Lipinski definition) is 1. The maximum atomic E-state index is 13.1. The standard InChI is InChI=1S/C15H16FN3S/c1-3-12-9(2)20-15-18-14(13(8-17)19(12)15)10-4-6-11(16)7-5-10/h4-7H,3,8,17H2,1-2H3. The van der Waals surface area contributed by atoms with Crippen LogP contribution in [0.2, 0.25) is 0 Å². The van der Waals surface area contributed by atoms with Crippen molar-refractivity contribution in [1.82, 2.24) is 9.38 Å². The van der Waals surface area contributed by atoms with E-state index in [1.807, 2.05) is 0 Å². The highest BCUT2D eigenvalue weighted by molar-refractivity contribution is 7.17. The van der Waals surface area contributed by atoms with Crippen molar-refractivity contribution in [3.8, 4) is 11.3 Å². The van der Waals surface area contributed by atoms with Crippen LogP contribution in [0.25, 0.3) is 16.2 Å². The van der Waals surface area contributed by atoms with Gasteiger partial charge in [0.05, 0.1) is 11.4 Å². The first kappa shape index (κ1) is 13.3. The first-order valence-electron chi connectivity index (χ1n) is 6.61. The molecule has 0 aliphatic carbocycles. The van der Waals surface area contributed by atoms with Gasteiger partial charge in [0.2, 0.25) is 0 Å². The van der Waals surface area contributed by atoms with Gasteiger partial charge in [0, 0.05) is 22.7 Å². The minimum absolute atomic E-state index is 0.242. The van der Waals surface area contributed by atoms with Gasteiger partial charge in [-0.15, -0.1) is 11.3 Å². The van der Waals surface area contributed by atoms with Crippen LogP contribution in [0.3, 0.4) is 0 Å². The summed E-state index contributed by atoms with van der Waals surface area (Å²) >= 11 is 1.67. The highest BCUT2D eigenvalue weighted by Crippen LogP contribution is 2.31. The third-order valence-electron chi connectivity index (χ3n) is 3.51. The molecule has 2 N–H and O–H groups in total. The molecule has 3 aromatic rings. The number of thiazole rings is 1. The summed E-state index contributed by atoms with van der Waals surface area (Å²) < 4.78 is 15.2. The topological polar surface area (TPSA) is 43.3 Å². The molecule has 0 unspecified atom stereocenters. The molecule has 20 heavy (non-hydrogen) atoms. The van der Waals surface area contributed by atoms with E-state index in [-0.39, 0.29) is 5.82 Å². The highest BCUT2D eigenvalue weighted by atomic mass is 32.1. The number of rotatable bonds is 3. The van der Waals surface area contributed by atoms with Crippen LogP contribution in [0.5, 0.6) is 0 Å². The maximum Gasteiger partial charge on any atom is 0.194 e. The third-order valence-corrected chi connectivity index (χ3v) is 4.51. The number of fused-ring (bicyclic) bond motifs is 1. The van der Waals surface area contributed by atoms with E-state index in [0.717, 1.165) is 28.3 Å². The van der Waals surface area contributed by atoms with E-state index < -0.39 is 0 Å². The summed E-state index contributed by atoms with van der Waals surface area (Å²) in [6.07, 6.45) is 0.943. The Bertz CT molecular complexity index is 756. The number of nitrogens with zero attached hydrogens (tertiary/aromatic N) is 2. The summed E-state index contributed by atoms with van der Waals surface area (Å²) in [4.78, 5) is 6.92. The SMILES string of the molecule is CCc1c(C)sc2nc(-c3ccc(F)cc3)c(CN)n12. The van der Waals surface area contributed by atoms with Crippen molar-refractivity contribution in [3.63, 3.8) is 0 Å². The molecule has 0 saturated carbocycles. The molecule has 0 aliphatic heterocycles. The number of aryl methyl sites for hydroxylation is 2. The van der Waals surface area contributed by atoms with Gasteiger partial charge in [0.25, 0.3) is 0 Å². The number of nitrogens with two attached hydrogens (primary N) is 1. The van der Waals surface area contributed by atoms with Crippen LogP contribution >= 0.6 is 11.3 Å². The van der Waals surface area contributed by atoms with E-state index in [1.54, 1.807) is 23.5 Å². The van der Waals surface area contributed by atoms with Crippen molar-refractivity contribution in [2.24, 2.45) is 5.73 Å². The zero-order valence-electron chi connectivity index (χ0n) is 11.5. The van der Waals surface area contributed by atoms with E-state index in [0.29, 0.717) is 6.54 Å². The summed E-state index contributed by atoms with van der Waals surface area (Å²) in [5.41, 5.74) is 9.94. The van der Waals surface area contributed by atoms with Gasteiger partial charge in [-0.3, -0.25) is 4.40 Å². The molecule has 0 spiro atoms. The van der Waals surface area contributed by atoms with Gasteiger partial charge in [0.15, 0.2) is 4.96 Å². The molecular weight excluding hydrogens is 273 g/mol. The first-order chi connectivity index (χ1) is 9.65. The number of hydrogen-bond acceptors (Lipinski definition) is 3. The summed E-state index contributed by atoms with van der Waals surface area (Å²) in [7, 11) is 0. The van der Waals surface area contributed by atoms with E-state index >= 15 is 0 Å². The van der Waals surface area contributed by atoms with Crippen LogP contribution in [0, 0.1) is 12.7 Å². The zero-order valence-corrected chi connectivity index (χ0v) is 12.3. The Labute approximate surface area is 120 Å². The summed E-state index contributed by atoms with van der Waals surface area (Å²) in [6.45, 7) is 4.65. The second kappa shape index (κ2) is 5.00. The smallest absolute Gasteiger partial charge is 0.194 e. The van der Waals surface area contributed by atoms with Gasteiger partial charge < -0.3 is 5.73 Å². The van der Waals surface area contributed by atoms with E-state index in [9.17, 15) is 4.39 Å². The molecule has 3 rings (SSSR count).